The van der Waals surface area contributed by atoms with Gasteiger partial charge in [0.25, 0.3) is 0 Å². The van der Waals surface area contributed by atoms with Crippen molar-refractivity contribution in [3.8, 4) is 0 Å². The van der Waals surface area contributed by atoms with Crippen LogP contribution >= 0.6 is 11.8 Å². The van der Waals surface area contributed by atoms with E-state index in [1.807, 2.05) is 0 Å². The van der Waals surface area contributed by atoms with Gasteiger partial charge < -0.3 is 5.73 Å². The maximum absolute atomic E-state index is 12.4. The molecule has 0 saturated carbocycles. The molecule has 0 spiro atoms. The molecule has 0 amide bonds. The fraction of sp³-hybridized carbons (Fsp3) is 0.182. The van der Waals surface area contributed by atoms with E-state index < -0.39 is 11.7 Å². The predicted octanol–water partition coefficient (Wildman–Crippen LogP) is 2.93. The molecule has 19 heavy (non-hydrogen) atoms. The minimum Gasteiger partial charge on any atom is -0.383 e. The maximum Gasteiger partial charge on any atom is 0.417 e. The maximum atomic E-state index is 12.4. The summed E-state index contributed by atoms with van der Waals surface area (Å²) in [4.78, 5) is 11.6. The summed E-state index contributed by atoms with van der Waals surface area (Å²) in [6, 6.07) is 2.28. The number of aromatic nitrogens is 3. The van der Waals surface area contributed by atoms with Gasteiger partial charge in [-0.15, -0.1) is 0 Å². The zero-order valence-corrected chi connectivity index (χ0v) is 10.6. The summed E-state index contributed by atoms with van der Waals surface area (Å²) >= 11 is 1.14. The van der Waals surface area contributed by atoms with Crippen LogP contribution in [0.1, 0.15) is 11.1 Å². The standard InChI is InChI=1S/C11H9F3N4S/c1-6-9(15)17-5-18-10(6)19-8-3-2-7(4-16-8)11(12,13)14/h2-5H,1H3,(H2,15,17,18). The topological polar surface area (TPSA) is 64.7 Å². The highest BCUT2D eigenvalue weighted by atomic mass is 32.2. The first-order chi connectivity index (χ1) is 8.88. The van der Waals surface area contributed by atoms with Gasteiger partial charge >= 0.3 is 6.18 Å². The van der Waals surface area contributed by atoms with Crippen molar-refractivity contribution in [1.82, 2.24) is 15.0 Å². The molecule has 0 atom stereocenters. The summed E-state index contributed by atoms with van der Waals surface area (Å²) in [5.74, 6) is 0.337. The minimum atomic E-state index is -4.38. The second-order valence-corrected chi connectivity index (χ2v) is 4.68. The van der Waals surface area contributed by atoms with Crippen LogP contribution in [0.3, 0.4) is 0 Å². The monoisotopic (exact) mass is 286 g/mol. The molecule has 0 saturated heterocycles. The van der Waals surface area contributed by atoms with Gasteiger partial charge in [-0.3, -0.25) is 0 Å². The molecule has 0 unspecified atom stereocenters. The number of nitrogens with zero attached hydrogens (tertiary/aromatic N) is 3. The quantitative estimate of drug-likeness (QED) is 0.860. The van der Waals surface area contributed by atoms with Crippen LogP contribution in [0.25, 0.3) is 0 Å². The molecule has 2 rings (SSSR count). The Morgan fingerprint density at radius 3 is 2.47 bits per heavy atom. The number of pyridine rings is 1. The van der Waals surface area contributed by atoms with E-state index in [0.29, 0.717) is 21.4 Å². The summed E-state index contributed by atoms with van der Waals surface area (Å²) in [6.07, 6.45) is -2.29. The zero-order valence-electron chi connectivity index (χ0n) is 9.77. The Morgan fingerprint density at radius 1 is 1.16 bits per heavy atom. The molecule has 4 nitrogen and oxygen atoms in total. The predicted molar refractivity (Wildman–Crippen MR) is 64.5 cm³/mol. The average molecular weight is 286 g/mol. The van der Waals surface area contributed by atoms with Crippen LogP contribution in [0, 0.1) is 6.92 Å². The van der Waals surface area contributed by atoms with E-state index in [4.69, 9.17) is 5.73 Å². The number of hydrogen-bond donors (Lipinski definition) is 1. The first-order valence-electron chi connectivity index (χ1n) is 5.16. The van der Waals surface area contributed by atoms with Crippen molar-refractivity contribution in [3.63, 3.8) is 0 Å². The molecule has 2 aromatic rings. The molecule has 0 radical (unpaired) electrons. The fourth-order valence-electron chi connectivity index (χ4n) is 1.26. The first kappa shape index (κ1) is 13.6. The lowest BCUT2D eigenvalue weighted by Gasteiger charge is -2.07. The number of nitrogens with two attached hydrogens (primary N) is 1. The largest absolute Gasteiger partial charge is 0.417 e. The summed E-state index contributed by atoms with van der Waals surface area (Å²) in [5, 5.41) is 0.981. The fourth-order valence-corrected chi connectivity index (χ4v) is 2.05. The smallest absolute Gasteiger partial charge is 0.383 e. The Labute approximate surface area is 111 Å². The van der Waals surface area contributed by atoms with Crippen molar-refractivity contribution < 1.29 is 13.2 Å². The molecule has 2 N–H and O–H groups in total. The Kier molecular flexibility index (Phi) is 3.61. The summed E-state index contributed by atoms with van der Waals surface area (Å²) in [7, 11) is 0. The molecule has 2 aromatic heterocycles. The molecule has 0 fully saturated rings. The van der Waals surface area contributed by atoms with Gasteiger partial charge in [0.1, 0.15) is 22.2 Å². The van der Waals surface area contributed by atoms with Crippen LogP contribution in [0.15, 0.2) is 34.7 Å². The summed E-state index contributed by atoms with van der Waals surface area (Å²) < 4.78 is 37.1. The van der Waals surface area contributed by atoms with Crippen LogP contribution in [0.4, 0.5) is 19.0 Å². The number of halogens is 3. The number of nitrogen functional groups attached to an aromatic ring is 1. The lowest BCUT2D eigenvalue weighted by molar-refractivity contribution is -0.137. The number of hydrogen-bond acceptors (Lipinski definition) is 5. The van der Waals surface area contributed by atoms with E-state index in [1.165, 1.54) is 12.4 Å². The molecule has 2 heterocycles. The van der Waals surface area contributed by atoms with Gasteiger partial charge in [0.2, 0.25) is 0 Å². The van der Waals surface area contributed by atoms with Gasteiger partial charge in [-0.2, -0.15) is 13.2 Å². The molecule has 0 aliphatic heterocycles. The van der Waals surface area contributed by atoms with E-state index >= 15 is 0 Å². The van der Waals surface area contributed by atoms with Gasteiger partial charge in [-0.25, -0.2) is 15.0 Å². The third-order valence-electron chi connectivity index (χ3n) is 2.34. The van der Waals surface area contributed by atoms with Crippen LogP contribution in [0.2, 0.25) is 0 Å². The van der Waals surface area contributed by atoms with Gasteiger partial charge in [-0.05, 0) is 30.8 Å². The van der Waals surface area contributed by atoms with Crippen molar-refractivity contribution in [2.45, 2.75) is 23.2 Å². The SMILES string of the molecule is Cc1c(N)ncnc1Sc1ccc(C(F)(F)F)cn1. The normalized spacial score (nSPS) is 11.6. The van der Waals surface area contributed by atoms with Gasteiger partial charge in [0.05, 0.1) is 5.56 Å². The summed E-state index contributed by atoms with van der Waals surface area (Å²) in [5.41, 5.74) is 5.52. The molecule has 100 valence electrons. The molecule has 0 aliphatic carbocycles. The highest BCUT2D eigenvalue weighted by molar-refractivity contribution is 7.99. The van der Waals surface area contributed by atoms with Crippen LogP contribution in [-0.4, -0.2) is 15.0 Å². The number of alkyl halides is 3. The number of anilines is 1. The van der Waals surface area contributed by atoms with E-state index in [2.05, 4.69) is 15.0 Å². The summed E-state index contributed by atoms with van der Waals surface area (Å²) in [6.45, 7) is 1.74. The third-order valence-corrected chi connectivity index (χ3v) is 3.40. The van der Waals surface area contributed by atoms with Gasteiger partial charge in [0, 0.05) is 11.8 Å². The second-order valence-electron chi connectivity index (χ2n) is 3.67. The van der Waals surface area contributed by atoms with Crippen LogP contribution < -0.4 is 5.73 Å². The average Bonchev–Trinajstić information content (AvgIpc) is 2.35. The lowest BCUT2D eigenvalue weighted by atomic mass is 10.3. The van der Waals surface area contributed by atoms with Crippen LogP contribution in [-0.2, 0) is 6.18 Å². The van der Waals surface area contributed by atoms with Crippen LogP contribution in [0.5, 0.6) is 0 Å². The molecule has 8 heteroatoms. The molecular weight excluding hydrogens is 277 g/mol. The lowest BCUT2D eigenvalue weighted by Crippen LogP contribution is -2.05. The zero-order chi connectivity index (χ0) is 14.0. The minimum absolute atomic E-state index is 0.337. The molecule has 0 bridgehead atoms. The Hall–Kier alpha value is -1.83. The van der Waals surface area contributed by atoms with Gasteiger partial charge in [-0.1, -0.05) is 0 Å². The van der Waals surface area contributed by atoms with Crippen molar-refractivity contribution in [1.29, 1.82) is 0 Å². The van der Waals surface area contributed by atoms with Crippen molar-refractivity contribution in [2.24, 2.45) is 0 Å². The van der Waals surface area contributed by atoms with E-state index in [9.17, 15) is 13.2 Å². The van der Waals surface area contributed by atoms with E-state index in [-0.39, 0.29) is 0 Å². The number of rotatable bonds is 2. The Morgan fingerprint density at radius 2 is 1.89 bits per heavy atom. The molecule has 0 aliphatic rings. The van der Waals surface area contributed by atoms with Crippen molar-refractivity contribution >= 4 is 17.6 Å². The highest BCUT2D eigenvalue weighted by Crippen LogP contribution is 2.32. The van der Waals surface area contributed by atoms with E-state index in [0.717, 1.165) is 24.0 Å². The van der Waals surface area contributed by atoms with Crippen molar-refractivity contribution in [2.75, 3.05) is 5.73 Å². The van der Waals surface area contributed by atoms with Crippen molar-refractivity contribution in [3.05, 3.63) is 35.8 Å². The molecular formula is C11H9F3N4S. The van der Waals surface area contributed by atoms with E-state index in [1.54, 1.807) is 6.92 Å². The molecule has 0 aromatic carbocycles. The highest BCUT2D eigenvalue weighted by Gasteiger charge is 2.30. The third kappa shape index (κ3) is 3.14. The Balaban J connectivity index is 2.23. The first-order valence-corrected chi connectivity index (χ1v) is 5.98. The second kappa shape index (κ2) is 5.04. The van der Waals surface area contributed by atoms with Gasteiger partial charge in [0.15, 0.2) is 0 Å². The Bertz CT molecular complexity index is 583.